The molecule has 0 atom stereocenters. The second kappa shape index (κ2) is 9.20. The van der Waals surface area contributed by atoms with Crippen molar-refractivity contribution >= 4 is 32.5 Å². The van der Waals surface area contributed by atoms with E-state index in [0.29, 0.717) is 34.0 Å². The van der Waals surface area contributed by atoms with E-state index in [1.807, 2.05) is 18.2 Å². The molecular weight excluding hydrogens is 430 g/mol. The van der Waals surface area contributed by atoms with E-state index >= 15 is 0 Å². The third kappa shape index (κ3) is 5.21. The lowest BCUT2D eigenvalue weighted by Gasteiger charge is -2.17. The Labute approximate surface area is 187 Å². The van der Waals surface area contributed by atoms with Crippen LogP contribution in [-0.2, 0) is 26.9 Å². The van der Waals surface area contributed by atoms with E-state index in [1.54, 1.807) is 35.9 Å². The standard InChI is InChI=1S/C23H27N3O5S/c1-30-20-12-11-16(13-21(20)31-17-7-3-4-8-17)24-23(27)14-26-19-10-6-5-9-18(19)25-22(26)15-32(2,28)29/h5-6,9-13,17H,3-4,7-8,14-15H2,1-2H3,(H,24,27). The Morgan fingerprint density at radius 2 is 1.91 bits per heavy atom. The largest absolute Gasteiger partial charge is 0.493 e. The molecule has 1 heterocycles. The van der Waals surface area contributed by atoms with E-state index in [2.05, 4.69) is 10.3 Å². The number of aromatic nitrogens is 2. The molecule has 8 nitrogen and oxygen atoms in total. The Kier molecular flexibility index (Phi) is 6.36. The third-order valence-electron chi connectivity index (χ3n) is 5.47. The van der Waals surface area contributed by atoms with E-state index in [1.165, 1.54) is 0 Å². The number of fused-ring (bicyclic) bond motifs is 1. The highest BCUT2D eigenvalue weighted by molar-refractivity contribution is 7.89. The normalized spacial score (nSPS) is 14.6. The third-order valence-corrected chi connectivity index (χ3v) is 6.25. The highest BCUT2D eigenvalue weighted by atomic mass is 32.2. The zero-order valence-corrected chi connectivity index (χ0v) is 19.0. The molecule has 9 heteroatoms. The zero-order chi connectivity index (χ0) is 22.7. The Morgan fingerprint density at radius 1 is 1.16 bits per heavy atom. The summed E-state index contributed by atoms with van der Waals surface area (Å²) in [5, 5.41) is 2.88. The summed E-state index contributed by atoms with van der Waals surface area (Å²) in [6.45, 7) is -0.0593. The van der Waals surface area contributed by atoms with Gasteiger partial charge in [-0.05, 0) is 49.9 Å². The fourth-order valence-corrected chi connectivity index (χ4v) is 4.71. The number of rotatable bonds is 8. The molecule has 1 aliphatic rings. The number of carbonyl (C=O) groups excluding carboxylic acids is 1. The van der Waals surface area contributed by atoms with E-state index in [4.69, 9.17) is 9.47 Å². The van der Waals surface area contributed by atoms with Crippen LogP contribution in [0, 0.1) is 0 Å². The number of imidazole rings is 1. The first kappa shape index (κ1) is 22.1. The number of carbonyl (C=O) groups is 1. The van der Waals surface area contributed by atoms with Gasteiger partial charge in [0.1, 0.15) is 18.1 Å². The number of hydrogen-bond donors (Lipinski definition) is 1. The average molecular weight is 458 g/mol. The van der Waals surface area contributed by atoms with Gasteiger partial charge in [-0.25, -0.2) is 13.4 Å². The van der Waals surface area contributed by atoms with Crippen molar-refractivity contribution in [2.45, 2.75) is 44.1 Å². The highest BCUT2D eigenvalue weighted by Crippen LogP contribution is 2.34. The van der Waals surface area contributed by atoms with Crippen LogP contribution < -0.4 is 14.8 Å². The van der Waals surface area contributed by atoms with Gasteiger partial charge in [-0.2, -0.15) is 0 Å². The van der Waals surface area contributed by atoms with Gasteiger partial charge in [0, 0.05) is 18.0 Å². The minimum atomic E-state index is -3.31. The molecule has 32 heavy (non-hydrogen) atoms. The summed E-state index contributed by atoms with van der Waals surface area (Å²) in [7, 11) is -1.73. The second-order valence-corrected chi connectivity index (χ2v) is 10.3. The molecule has 0 bridgehead atoms. The van der Waals surface area contributed by atoms with Gasteiger partial charge >= 0.3 is 0 Å². The van der Waals surface area contributed by atoms with Gasteiger partial charge in [-0.15, -0.1) is 0 Å². The molecule has 1 amide bonds. The van der Waals surface area contributed by atoms with Crippen LogP contribution in [0.4, 0.5) is 5.69 Å². The van der Waals surface area contributed by atoms with Crippen molar-refractivity contribution in [2.75, 3.05) is 18.7 Å². The zero-order valence-electron chi connectivity index (χ0n) is 18.2. The number of nitrogens with zero attached hydrogens (tertiary/aromatic N) is 2. The summed E-state index contributed by atoms with van der Waals surface area (Å²) in [6.07, 6.45) is 5.63. The van der Waals surface area contributed by atoms with Crippen LogP contribution in [0.3, 0.4) is 0 Å². The number of sulfone groups is 1. The number of methoxy groups -OCH3 is 1. The number of nitrogens with one attached hydrogen (secondary N) is 1. The molecule has 0 aliphatic heterocycles. The van der Waals surface area contributed by atoms with Crippen molar-refractivity contribution < 1.29 is 22.7 Å². The van der Waals surface area contributed by atoms with Gasteiger partial charge in [0.25, 0.3) is 0 Å². The first-order chi connectivity index (χ1) is 15.3. The summed E-state index contributed by atoms with van der Waals surface area (Å²) >= 11 is 0. The molecule has 1 aliphatic carbocycles. The van der Waals surface area contributed by atoms with Gasteiger partial charge in [-0.1, -0.05) is 12.1 Å². The first-order valence-electron chi connectivity index (χ1n) is 10.6. The van der Waals surface area contributed by atoms with E-state index in [0.717, 1.165) is 31.9 Å². The SMILES string of the molecule is COc1ccc(NC(=O)Cn2c(CS(C)(=O)=O)nc3ccccc32)cc1OC1CCCC1. The fourth-order valence-electron chi connectivity index (χ4n) is 4.02. The molecule has 0 radical (unpaired) electrons. The molecule has 1 saturated carbocycles. The molecule has 1 N–H and O–H groups in total. The molecule has 2 aromatic carbocycles. The number of ether oxygens (including phenoxy) is 2. The van der Waals surface area contributed by atoms with E-state index in [-0.39, 0.29) is 24.3 Å². The van der Waals surface area contributed by atoms with Crippen LogP contribution in [0.25, 0.3) is 11.0 Å². The maximum Gasteiger partial charge on any atom is 0.244 e. The Morgan fingerprint density at radius 3 is 2.62 bits per heavy atom. The lowest BCUT2D eigenvalue weighted by molar-refractivity contribution is -0.116. The minimum Gasteiger partial charge on any atom is -0.493 e. The van der Waals surface area contributed by atoms with Gasteiger partial charge in [0.15, 0.2) is 21.3 Å². The van der Waals surface area contributed by atoms with Crippen LogP contribution in [-0.4, -0.2) is 43.3 Å². The van der Waals surface area contributed by atoms with Crippen LogP contribution in [0.5, 0.6) is 11.5 Å². The van der Waals surface area contributed by atoms with Crippen molar-refractivity contribution in [1.29, 1.82) is 0 Å². The Hall–Kier alpha value is -3.07. The van der Waals surface area contributed by atoms with Crippen molar-refractivity contribution in [1.82, 2.24) is 9.55 Å². The van der Waals surface area contributed by atoms with Gasteiger partial charge in [-0.3, -0.25) is 4.79 Å². The Bertz CT molecular complexity index is 1230. The molecule has 0 unspecified atom stereocenters. The monoisotopic (exact) mass is 457 g/mol. The molecule has 4 rings (SSSR count). The number of anilines is 1. The van der Waals surface area contributed by atoms with E-state index < -0.39 is 9.84 Å². The number of hydrogen-bond acceptors (Lipinski definition) is 6. The second-order valence-electron chi connectivity index (χ2n) is 8.11. The van der Waals surface area contributed by atoms with Crippen LogP contribution in [0.15, 0.2) is 42.5 Å². The molecule has 3 aromatic rings. The van der Waals surface area contributed by atoms with Gasteiger partial charge in [0.05, 0.1) is 24.2 Å². The number of amides is 1. The van der Waals surface area contributed by atoms with E-state index in [9.17, 15) is 13.2 Å². The maximum atomic E-state index is 12.9. The molecule has 0 spiro atoms. The summed E-state index contributed by atoms with van der Waals surface area (Å²) in [6, 6.07) is 12.6. The number of benzene rings is 2. The topological polar surface area (TPSA) is 99.5 Å². The van der Waals surface area contributed by atoms with Crippen molar-refractivity contribution in [3.63, 3.8) is 0 Å². The predicted molar refractivity (Wildman–Crippen MR) is 123 cm³/mol. The lowest BCUT2D eigenvalue weighted by Crippen LogP contribution is -2.21. The van der Waals surface area contributed by atoms with Gasteiger partial charge < -0.3 is 19.4 Å². The lowest BCUT2D eigenvalue weighted by atomic mass is 10.2. The van der Waals surface area contributed by atoms with Crippen LogP contribution >= 0.6 is 0 Å². The molecule has 170 valence electrons. The summed E-state index contributed by atoms with van der Waals surface area (Å²) in [5.41, 5.74) is 1.94. The molecule has 1 fully saturated rings. The molecule has 0 saturated heterocycles. The Balaban J connectivity index is 1.55. The fraction of sp³-hybridized carbons (Fsp3) is 0.391. The van der Waals surface area contributed by atoms with Crippen LogP contribution in [0.1, 0.15) is 31.5 Å². The predicted octanol–water partition coefficient (Wildman–Crippen LogP) is 3.55. The minimum absolute atomic E-state index is 0.0593. The smallest absolute Gasteiger partial charge is 0.244 e. The summed E-state index contributed by atoms with van der Waals surface area (Å²) in [5.74, 6) is 1.02. The summed E-state index contributed by atoms with van der Waals surface area (Å²) < 4.78 is 36.9. The molecule has 1 aromatic heterocycles. The molecular formula is C23H27N3O5S. The van der Waals surface area contributed by atoms with Crippen molar-refractivity contribution in [3.8, 4) is 11.5 Å². The van der Waals surface area contributed by atoms with Gasteiger partial charge in [0.2, 0.25) is 5.91 Å². The summed E-state index contributed by atoms with van der Waals surface area (Å²) in [4.78, 5) is 17.3. The maximum absolute atomic E-state index is 12.9. The van der Waals surface area contributed by atoms with Crippen molar-refractivity contribution in [3.05, 3.63) is 48.3 Å². The van der Waals surface area contributed by atoms with Crippen LogP contribution in [0.2, 0.25) is 0 Å². The van der Waals surface area contributed by atoms with Crippen molar-refractivity contribution in [2.24, 2.45) is 0 Å². The average Bonchev–Trinajstić information content (AvgIpc) is 3.35. The highest BCUT2D eigenvalue weighted by Gasteiger charge is 2.20. The quantitative estimate of drug-likeness (QED) is 0.555. The number of para-hydroxylation sites is 2. The first-order valence-corrected chi connectivity index (χ1v) is 12.6.